The van der Waals surface area contributed by atoms with E-state index in [1.807, 2.05) is 13.0 Å². The van der Waals surface area contributed by atoms with Gasteiger partial charge in [-0.15, -0.1) is 0 Å². The molecule has 1 aliphatic heterocycles. The van der Waals surface area contributed by atoms with Crippen LogP contribution in [0, 0.1) is 6.92 Å². The standard InChI is InChI=1S/C17H20N6O/c1-3-16(24)23-9-5-4-6-13(23)17-20-12(2)10-14(22-17)21-15-11-18-7-8-19-15/h3,7-8,10-11,13H,1,4-6,9H2,2H3,(H,19,20,21,22)/t13-/m1/s1. The van der Waals surface area contributed by atoms with Crippen LogP contribution in [-0.4, -0.2) is 37.3 Å². The third kappa shape index (κ3) is 3.56. The molecule has 2 aromatic heterocycles. The van der Waals surface area contributed by atoms with E-state index in [2.05, 4.69) is 31.8 Å². The maximum atomic E-state index is 12.1. The minimum atomic E-state index is -0.119. The summed E-state index contributed by atoms with van der Waals surface area (Å²) in [7, 11) is 0. The van der Waals surface area contributed by atoms with E-state index in [-0.39, 0.29) is 11.9 Å². The number of carbonyl (C=O) groups is 1. The van der Waals surface area contributed by atoms with Gasteiger partial charge in [0.05, 0.1) is 12.2 Å². The van der Waals surface area contributed by atoms with Crippen molar-refractivity contribution < 1.29 is 4.79 Å². The van der Waals surface area contributed by atoms with Gasteiger partial charge in [0.25, 0.3) is 0 Å². The summed E-state index contributed by atoms with van der Waals surface area (Å²) in [6.07, 6.45) is 9.11. The van der Waals surface area contributed by atoms with Crippen molar-refractivity contribution in [3.05, 3.63) is 48.8 Å². The molecule has 1 saturated heterocycles. The molecule has 3 rings (SSSR count). The number of amides is 1. The number of carbonyl (C=O) groups excluding carboxylic acids is 1. The first-order chi connectivity index (χ1) is 11.7. The predicted molar refractivity (Wildman–Crippen MR) is 90.6 cm³/mol. The first-order valence-electron chi connectivity index (χ1n) is 7.99. The van der Waals surface area contributed by atoms with Crippen LogP contribution in [0.3, 0.4) is 0 Å². The van der Waals surface area contributed by atoms with E-state index in [1.165, 1.54) is 6.08 Å². The molecular formula is C17H20N6O. The van der Waals surface area contributed by atoms with Crippen LogP contribution in [0.1, 0.15) is 36.8 Å². The number of aromatic nitrogens is 4. The van der Waals surface area contributed by atoms with E-state index in [0.29, 0.717) is 24.0 Å². The number of likely N-dealkylation sites (tertiary alicyclic amines) is 1. The average molecular weight is 324 g/mol. The van der Waals surface area contributed by atoms with Gasteiger partial charge in [0.15, 0.2) is 5.82 Å². The number of nitrogens with one attached hydrogen (secondary N) is 1. The molecule has 0 aromatic carbocycles. The molecular weight excluding hydrogens is 304 g/mol. The van der Waals surface area contributed by atoms with E-state index in [4.69, 9.17) is 0 Å². The molecule has 1 fully saturated rings. The topological polar surface area (TPSA) is 83.9 Å². The Morgan fingerprint density at radius 2 is 2.21 bits per heavy atom. The Bertz CT molecular complexity index is 733. The second-order valence-electron chi connectivity index (χ2n) is 5.72. The monoisotopic (exact) mass is 324 g/mol. The summed E-state index contributed by atoms with van der Waals surface area (Å²) in [6, 6.07) is 1.73. The highest BCUT2D eigenvalue weighted by atomic mass is 16.2. The summed E-state index contributed by atoms with van der Waals surface area (Å²) in [5.41, 5.74) is 0.836. The number of rotatable bonds is 4. The third-order valence-electron chi connectivity index (χ3n) is 3.95. The highest BCUT2D eigenvalue weighted by Gasteiger charge is 2.29. The van der Waals surface area contributed by atoms with Crippen molar-refractivity contribution in [2.75, 3.05) is 11.9 Å². The molecule has 0 unspecified atom stereocenters. The normalized spacial score (nSPS) is 17.4. The average Bonchev–Trinajstić information content (AvgIpc) is 2.61. The van der Waals surface area contributed by atoms with Gasteiger partial charge in [-0.05, 0) is 32.3 Å². The molecule has 24 heavy (non-hydrogen) atoms. The van der Waals surface area contributed by atoms with Gasteiger partial charge in [-0.2, -0.15) is 0 Å². The number of anilines is 2. The van der Waals surface area contributed by atoms with Crippen LogP contribution >= 0.6 is 0 Å². The van der Waals surface area contributed by atoms with Crippen LogP contribution in [0.25, 0.3) is 0 Å². The minimum absolute atomic E-state index is 0.0757. The zero-order valence-corrected chi connectivity index (χ0v) is 13.6. The second kappa shape index (κ2) is 7.16. The summed E-state index contributed by atoms with van der Waals surface area (Å²) in [4.78, 5) is 31.3. The maximum absolute atomic E-state index is 12.1. The van der Waals surface area contributed by atoms with Gasteiger partial charge in [0, 0.05) is 30.7 Å². The van der Waals surface area contributed by atoms with Crippen molar-refractivity contribution in [1.82, 2.24) is 24.8 Å². The summed E-state index contributed by atoms with van der Waals surface area (Å²) in [6.45, 7) is 6.22. The number of hydrogen-bond acceptors (Lipinski definition) is 6. The molecule has 2 aromatic rings. The van der Waals surface area contributed by atoms with Gasteiger partial charge in [-0.1, -0.05) is 6.58 Å². The van der Waals surface area contributed by atoms with E-state index in [9.17, 15) is 4.79 Å². The van der Waals surface area contributed by atoms with Crippen LogP contribution < -0.4 is 5.32 Å². The number of hydrogen-bond donors (Lipinski definition) is 1. The minimum Gasteiger partial charge on any atom is -0.329 e. The summed E-state index contributed by atoms with van der Waals surface area (Å²) in [5.74, 6) is 1.84. The molecule has 0 spiro atoms. The Labute approximate surface area is 140 Å². The number of nitrogens with zero attached hydrogens (tertiary/aromatic N) is 5. The van der Waals surface area contributed by atoms with Gasteiger partial charge in [0.1, 0.15) is 11.6 Å². The molecule has 7 nitrogen and oxygen atoms in total. The molecule has 3 heterocycles. The zero-order valence-electron chi connectivity index (χ0n) is 13.6. The second-order valence-corrected chi connectivity index (χ2v) is 5.72. The Morgan fingerprint density at radius 1 is 1.33 bits per heavy atom. The molecule has 1 atom stereocenters. The van der Waals surface area contributed by atoms with Gasteiger partial charge < -0.3 is 10.2 Å². The molecule has 1 N–H and O–H groups in total. The Kier molecular flexibility index (Phi) is 4.79. The lowest BCUT2D eigenvalue weighted by Crippen LogP contribution is -2.38. The SMILES string of the molecule is C=CC(=O)N1CCCC[C@@H]1c1nc(C)cc(Nc2cnccn2)n1. The summed E-state index contributed by atoms with van der Waals surface area (Å²) < 4.78 is 0. The summed E-state index contributed by atoms with van der Waals surface area (Å²) >= 11 is 0. The smallest absolute Gasteiger partial charge is 0.246 e. The lowest BCUT2D eigenvalue weighted by atomic mass is 10.0. The molecule has 1 amide bonds. The van der Waals surface area contributed by atoms with E-state index in [0.717, 1.165) is 25.0 Å². The predicted octanol–water partition coefficient (Wildman–Crippen LogP) is 2.56. The fraction of sp³-hybridized carbons (Fsp3) is 0.353. The first kappa shape index (κ1) is 16.0. The van der Waals surface area contributed by atoms with Gasteiger partial charge >= 0.3 is 0 Å². The van der Waals surface area contributed by atoms with Gasteiger partial charge in [0.2, 0.25) is 5.91 Å². The van der Waals surface area contributed by atoms with E-state index >= 15 is 0 Å². The summed E-state index contributed by atoms with van der Waals surface area (Å²) in [5, 5.41) is 3.13. The van der Waals surface area contributed by atoms with Gasteiger partial charge in [-0.3, -0.25) is 9.78 Å². The van der Waals surface area contributed by atoms with Crippen molar-refractivity contribution in [2.45, 2.75) is 32.2 Å². The van der Waals surface area contributed by atoms with Crippen LogP contribution in [0.2, 0.25) is 0 Å². The first-order valence-corrected chi connectivity index (χ1v) is 7.99. The highest BCUT2D eigenvalue weighted by molar-refractivity contribution is 5.87. The third-order valence-corrected chi connectivity index (χ3v) is 3.95. The van der Waals surface area contributed by atoms with Crippen molar-refractivity contribution in [3.8, 4) is 0 Å². The Balaban J connectivity index is 1.89. The van der Waals surface area contributed by atoms with Gasteiger partial charge in [-0.25, -0.2) is 15.0 Å². The van der Waals surface area contributed by atoms with Crippen LogP contribution in [0.4, 0.5) is 11.6 Å². The maximum Gasteiger partial charge on any atom is 0.246 e. The van der Waals surface area contributed by atoms with E-state index in [1.54, 1.807) is 23.5 Å². The Hall–Kier alpha value is -2.83. The van der Waals surface area contributed by atoms with Crippen LogP contribution in [0.15, 0.2) is 37.3 Å². The van der Waals surface area contributed by atoms with Crippen molar-refractivity contribution in [3.63, 3.8) is 0 Å². The molecule has 0 aliphatic carbocycles. The molecule has 0 saturated carbocycles. The molecule has 0 radical (unpaired) electrons. The lowest BCUT2D eigenvalue weighted by Gasteiger charge is -2.34. The lowest BCUT2D eigenvalue weighted by molar-refractivity contribution is -0.129. The molecule has 0 bridgehead atoms. The molecule has 7 heteroatoms. The number of piperidine rings is 1. The molecule has 124 valence electrons. The van der Waals surface area contributed by atoms with Crippen molar-refractivity contribution >= 4 is 17.5 Å². The number of aryl methyl sites for hydroxylation is 1. The zero-order chi connectivity index (χ0) is 16.9. The van der Waals surface area contributed by atoms with E-state index < -0.39 is 0 Å². The molecule has 1 aliphatic rings. The Morgan fingerprint density at radius 3 is 2.96 bits per heavy atom. The van der Waals surface area contributed by atoms with Crippen LogP contribution in [0.5, 0.6) is 0 Å². The quantitative estimate of drug-likeness (QED) is 0.870. The van der Waals surface area contributed by atoms with Crippen molar-refractivity contribution in [2.24, 2.45) is 0 Å². The van der Waals surface area contributed by atoms with Crippen LogP contribution in [-0.2, 0) is 4.79 Å². The highest BCUT2D eigenvalue weighted by Crippen LogP contribution is 2.30. The van der Waals surface area contributed by atoms with Crippen molar-refractivity contribution in [1.29, 1.82) is 0 Å². The fourth-order valence-corrected chi connectivity index (χ4v) is 2.88. The largest absolute Gasteiger partial charge is 0.329 e. The fourth-order valence-electron chi connectivity index (χ4n) is 2.88.